The summed E-state index contributed by atoms with van der Waals surface area (Å²) < 4.78 is 5.97. The van der Waals surface area contributed by atoms with E-state index >= 15 is 0 Å². The Labute approximate surface area is 131 Å². The fraction of sp³-hybridized carbons (Fsp3) is 0.316. The molecule has 22 heavy (non-hydrogen) atoms. The van der Waals surface area contributed by atoms with Gasteiger partial charge in [0, 0.05) is 12.1 Å². The van der Waals surface area contributed by atoms with Crippen molar-refractivity contribution in [3.8, 4) is 5.75 Å². The number of amides is 1. The molecule has 3 heteroatoms. The molecule has 2 aromatic carbocycles. The van der Waals surface area contributed by atoms with Gasteiger partial charge in [-0.15, -0.1) is 0 Å². The van der Waals surface area contributed by atoms with Crippen LogP contribution in [0.25, 0.3) is 0 Å². The molecule has 1 heterocycles. The van der Waals surface area contributed by atoms with Gasteiger partial charge in [0.2, 0.25) is 5.91 Å². The average molecular weight is 295 g/mol. The summed E-state index contributed by atoms with van der Waals surface area (Å²) in [5.41, 5.74) is 7.12. The van der Waals surface area contributed by atoms with E-state index in [-0.39, 0.29) is 5.91 Å². The Bertz CT molecular complexity index is 711. The van der Waals surface area contributed by atoms with Crippen molar-refractivity contribution in [2.45, 2.75) is 40.2 Å². The summed E-state index contributed by atoms with van der Waals surface area (Å²) in [5, 5.41) is 2.89. The monoisotopic (exact) mass is 295 g/mol. The number of ether oxygens (including phenoxy) is 1. The number of anilines is 1. The van der Waals surface area contributed by atoms with Crippen molar-refractivity contribution >= 4 is 11.6 Å². The molecule has 114 valence electrons. The summed E-state index contributed by atoms with van der Waals surface area (Å²) in [5.74, 6) is 0.946. The number of carbonyl (C=O) groups excluding carboxylic acids is 1. The zero-order chi connectivity index (χ0) is 15.7. The van der Waals surface area contributed by atoms with Crippen LogP contribution >= 0.6 is 0 Å². The largest absolute Gasteiger partial charge is 0.489 e. The van der Waals surface area contributed by atoms with E-state index in [1.54, 1.807) is 0 Å². The first-order valence-electron chi connectivity index (χ1n) is 7.65. The third-order valence-corrected chi connectivity index (χ3v) is 4.20. The van der Waals surface area contributed by atoms with Crippen molar-refractivity contribution in [2.75, 3.05) is 5.32 Å². The van der Waals surface area contributed by atoms with Crippen LogP contribution in [0.3, 0.4) is 0 Å². The maximum absolute atomic E-state index is 11.4. The van der Waals surface area contributed by atoms with Crippen LogP contribution in [0.2, 0.25) is 0 Å². The Morgan fingerprint density at radius 3 is 2.50 bits per heavy atom. The molecular formula is C19H21NO2. The van der Waals surface area contributed by atoms with E-state index in [9.17, 15) is 4.79 Å². The maximum Gasteiger partial charge on any atom is 0.224 e. The molecule has 3 nitrogen and oxygen atoms in total. The molecule has 1 aliphatic heterocycles. The highest BCUT2D eigenvalue weighted by Crippen LogP contribution is 2.27. The molecule has 0 spiro atoms. The number of hydrogen-bond donors (Lipinski definition) is 1. The van der Waals surface area contributed by atoms with Crippen LogP contribution in [0.1, 0.15) is 34.2 Å². The fourth-order valence-electron chi connectivity index (χ4n) is 3.04. The van der Waals surface area contributed by atoms with Gasteiger partial charge in [-0.2, -0.15) is 0 Å². The summed E-state index contributed by atoms with van der Waals surface area (Å²) in [6.45, 7) is 6.94. The highest BCUT2D eigenvalue weighted by molar-refractivity contribution is 5.93. The second-order valence-electron chi connectivity index (χ2n) is 6.03. The van der Waals surface area contributed by atoms with Crippen molar-refractivity contribution in [3.63, 3.8) is 0 Å². The van der Waals surface area contributed by atoms with Crippen LogP contribution in [0.15, 0.2) is 30.3 Å². The number of benzene rings is 2. The molecule has 0 aliphatic carbocycles. The molecule has 0 saturated heterocycles. The lowest BCUT2D eigenvalue weighted by Gasteiger charge is -2.18. The Hall–Kier alpha value is -2.29. The first kappa shape index (κ1) is 14.6. The van der Waals surface area contributed by atoms with Crippen LogP contribution in [0, 0.1) is 20.8 Å². The predicted molar refractivity (Wildman–Crippen MR) is 88.4 cm³/mol. The SMILES string of the molecule is Cc1cc(C)c(COc2ccc3c(c2)CCC(=O)N3)c(C)c1. The minimum absolute atomic E-state index is 0.0899. The van der Waals surface area contributed by atoms with Gasteiger partial charge in [0.1, 0.15) is 12.4 Å². The normalized spacial score (nSPS) is 13.5. The maximum atomic E-state index is 11.4. The van der Waals surface area contributed by atoms with Gasteiger partial charge in [-0.05, 0) is 67.6 Å². The molecule has 3 rings (SSSR count). The first-order valence-corrected chi connectivity index (χ1v) is 7.65. The van der Waals surface area contributed by atoms with Crippen molar-refractivity contribution in [3.05, 3.63) is 58.1 Å². The zero-order valence-electron chi connectivity index (χ0n) is 13.3. The van der Waals surface area contributed by atoms with Gasteiger partial charge in [-0.25, -0.2) is 0 Å². The summed E-state index contributed by atoms with van der Waals surface area (Å²) >= 11 is 0. The summed E-state index contributed by atoms with van der Waals surface area (Å²) in [6.07, 6.45) is 1.33. The summed E-state index contributed by atoms with van der Waals surface area (Å²) in [7, 11) is 0. The fourth-order valence-corrected chi connectivity index (χ4v) is 3.04. The van der Waals surface area contributed by atoms with Crippen LogP contribution in [-0.4, -0.2) is 5.91 Å². The van der Waals surface area contributed by atoms with Gasteiger partial charge < -0.3 is 10.1 Å². The van der Waals surface area contributed by atoms with Gasteiger partial charge in [0.25, 0.3) is 0 Å². The minimum Gasteiger partial charge on any atom is -0.489 e. The van der Waals surface area contributed by atoms with E-state index in [0.29, 0.717) is 13.0 Å². The van der Waals surface area contributed by atoms with Crippen LogP contribution in [-0.2, 0) is 17.8 Å². The van der Waals surface area contributed by atoms with Crippen LogP contribution in [0.4, 0.5) is 5.69 Å². The van der Waals surface area contributed by atoms with Gasteiger partial charge in [0.05, 0.1) is 0 Å². The standard InChI is InChI=1S/C19H21NO2/c1-12-8-13(2)17(14(3)9-12)11-22-16-5-6-18-15(10-16)4-7-19(21)20-18/h5-6,8-10H,4,7,11H2,1-3H3,(H,20,21). The number of nitrogens with one attached hydrogen (secondary N) is 1. The lowest BCUT2D eigenvalue weighted by molar-refractivity contribution is -0.116. The second kappa shape index (κ2) is 5.84. The number of fused-ring (bicyclic) bond motifs is 1. The predicted octanol–water partition coefficient (Wildman–Crippen LogP) is 4.08. The minimum atomic E-state index is 0.0899. The molecule has 0 saturated carbocycles. The Balaban J connectivity index is 1.76. The highest BCUT2D eigenvalue weighted by Gasteiger charge is 2.15. The quantitative estimate of drug-likeness (QED) is 0.926. The van der Waals surface area contributed by atoms with E-state index in [1.807, 2.05) is 18.2 Å². The smallest absolute Gasteiger partial charge is 0.224 e. The lowest BCUT2D eigenvalue weighted by atomic mass is 10.0. The van der Waals surface area contributed by atoms with E-state index in [1.165, 1.54) is 22.3 Å². The first-order chi connectivity index (χ1) is 10.5. The number of carbonyl (C=O) groups is 1. The molecule has 0 fully saturated rings. The summed E-state index contributed by atoms with van der Waals surface area (Å²) in [6, 6.07) is 10.3. The molecule has 0 radical (unpaired) electrons. The van der Waals surface area contributed by atoms with Gasteiger partial charge >= 0.3 is 0 Å². The van der Waals surface area contributed by atoms with Crippen molar-refractivity contribution in [2.24, 2.45) is 0 Å². The van der Waals surface area contributed by atoms with Gasteiger partial charge in [-0.1, -0.05) is 17.7 Å². The number of aryl methyl sites for hydroxylation is 4. The average Bonchev–Trinajstić information content (AvgIpc) is 2.46. The Morgan fingerprint density at radius 1 is 1.05 bits per heavy atom. The summed E-state index contributed by atoms with van der Waals surface area (Å²) in [4.78, 5) is 11.4. The van der Waals surface area contributed by atoms with E-state index in [0.717, 1.165) is 23.4 Å². The van der Waals surface area contributed by atoms with Crippen molar-refractivity contribution in [1.82, 2.24) is 0 Å². The van der Waals surface area contributed by atoms with Gasteiger partial charge in [-0.3, -0.25) is 4.79 Å². The van der Waals surface area contributed by atoms with E-state index in [2.05, 4.69) is 38.2 Å². The zero-order valence-corrected chi connectivity index (χ0v) is 13.3. The molecule has 1 aliphatic rings. The van der Waals surface area contributed by atoms with Crippen molar-refractivity contribution in [1.29, 1.82) is 0 Å². The van der Waals surface area contributed by atoms with E-state index < -0.39 is 0 Å². The molecule has 0 aromatic heterocycles. The Morgan fingerprint density at radius 2 is 1.77 bits per heavy atom. The molecule has 0 unspecified atom stereocenters. The topological polar surface area (TPSA) is 38.3 Å². The van der Waals surface area contributed by atoms with Crippen LogP contribution < -0.4 is 10.1 Å². The third kappa shape index (κ3) is 2.98. The molecule has 2 aromatic rings. The molecule has 0 atom stereocenters. The molecule has 1 amide bonds. The van der Waals surface area contributed by atoms with E-state index in [4.69, 9.17) is 4.74 Å². The van der Waals surface area contributed by atoms with Crippen molar-refractivity contribution < 1.29 is 9.53 Å². The second-order valence-corrected chi connectivity index (χ2v) is 6.03. The van der Waals surface area contributed by atoms with Gasteiger partial charge in [0.15, 0.2) is 0 Å². The number of hydrogen-bond acceptors (Lipinski definition) is 2. The van der Waals surface area contributed by atoms with Crippen LogP contribution in [0.5, 0.6) is 5.75 Å². The Kier molecular flexibility index (Phi) is 3.88. The molecule has 1 N–H and O–H groups in total. The third-order valence-electron chi connectivity index (χ3n) is 4.20. The molecular weight excluding hydrogens is 274 g/mol. The lowest BCUT2D eigenvalue weighted by Crippen LogP contribution is -2.18. The number of rotatable bonds is 3. The highest BCUT2D eigenvalue weighted by atomic mass is 16.5. The molecule has 0 bridgehead atoms.